The van der Waals surface area contributed by atoms with Crippen molar-refractivity contribution in [3.05, 3.63) is 70.8 Å². The minimum Gasteiger partial charge on any atom is -0.362 e. The molecule has 1 aliphatic heterocycles. The van der Waals surface area contributed by atoms with Crippen LogP contribution in [-0.2, 0) is 4.79 Å². The van der Waals surface area contributed by atoms with E-state index in [4.69, 9.17) is 0 Å². The molecule has 1 heterocycles. The lowest BCUT2D eigenvalue weighted by Crippen LogP contribution is -2.45. The van der Waals surface area contributed by atoms with Gasteiger partial charge in [0, 0.05) is 23.5 Å². The maximum absolute atomic E-state index is 12.7. The summed E-state index contributed by atoms with van der Waals surface area (Å²) in [5, 5.41) is 12.4. The average Bonchev–Trinajstić information content (AvgIpc) is 2.70. The molecule has 0 bridgehead atoms. The van der Waals surface area contributed by atoms with Crippen molar-refractivity contribution < 1.29 is 4.79 Å². The Morgan fingerprint density at radius 3 is 2.60 bits per heavy atom. The van der Waals surface area contributed by atoms with Crippen LogP contribution in [0, 0.1) is 18.3 Å². The molecule has 0 spiro atoms. The number of fused-ring (bicyclic) bond motifs is 1. The van der Waals surface area contributed by atoms with Gasteiger partial charge in [0.1, 0.15) is 11.6 Å². The van der Waals surface area contributed by atoms with Gasteiger partial charge < -0.3 is 10.2 Å². The van der Waals surface area contributed by atoms with Gasteiger partial charge in [0.25, 0.3) is 5.91 Å². The van der Waals surface area contributed by atoms with Gasteiger partial charge in [-0.25, -0.2) is 0 Å². The highest BCUT2D eigenvalue weighted by molar-refractivity contribution is 6.10. The number of para-hydroxylation sites is 1. The average molecular weight is 400 g/mol. The van der Waals surface area contributed by atoms with E-state index in [1.165, 1.54) is 11.3 Å². The number of nitriles is 1. The molecule has 1 aliphatic rings. The van der Waals surface area contributed by atoms with E-state index in [9.17, 15) is 10.1 Å². The summed E-state index contributed by atoms with van der Waals surface area (Å²) < 4.78 is 0. The first-order chi connectivity index (χ1) is 14.3. The lowest BCUT2D eigenvalue weighted by atomic mass is 9.87. The molecule has 0 saturated carbocycles. The predicted molar refractivity (Wildman–Crippen MR) is 125 cm³/mol. The van der Waals surface area contributed by atoms with E-state index in [2.05, 4.69) is 56.1 Å². The molecule has 154 valence electrons. The summed E-state index contributed by atoms with van der Waals surface area (Å²) in [5.74, 6) is -0.398. The van der Waals surface area contributed by atoms with E-state index in [1.807, 2.05) is 43.3 Å². The predicted octanol–water partition coefficient (Wildman–Crippen LogP) is 5.95. The van der Waals surface area contributed by atoms with Gasteiger partial charge in [-0.1, -0.05) is 37.3 Å². The monoisotopic (exact) mass is 399 g/mol. The van der Waals surface area contributed by atoms with Crippen molar-refractivity contribution in [1.82, 2.24) is 0 Å². The third-order valence-electron chi connectivity index (χ3n) is 5.52. The second kappa shape index (κ2) is 8.59. The van der Waals surface area contributed by atoms with E-state index < -0.39 is 5.91 Å². The van der Waals surface area contributed by atoms with Crippen LogP contribution in [0.15, 0.2) is 54.1 Å². The number of hydrogen-bond donors (Lipinski definition) is 1. The zero-order chi connectivity index (χ0) is 21.9. The van der Waals surface area contributed by atoms with Crippen LogP contribution < -0.4 is 10.2 Å². The highest BCUT2D eigenvalue weighted by Crippen LogP contribution is 2.39. The van der Waals surface area contributed by atoms with Crippen LogP contribution in [0.2, 0.25) is 0 Å². The fourth-order valence-electron chi connectivity index (χ4n) is 4.04. The molecule has 0 radical (unpaired) electrons. The number of carbonyl (C=O) groups excluding carboxylic acids is 1. The first kappa shape index (κ1) is 21.4. The Labute approximate surface area is 179 Å². The van der Waals surface area contributed by atoms with E-state index in [0.717, 1.165) is 29.7 Å². The van der Waals surface area contributed by atoms with E-state index in [-0.39, 0.29) is 11.1 Å². The van der Waals surface area contributed by atoms with Crippen LogP contribution in [0.1, 0.15) is 50.8 Å². The van der Waals surface area contributed by atoms with Crippen LogP contribution in [0.5, 0.6) is 0 Å². The van der Waals surface area contributed by atoms with Crippen molar-refractivity contribution in [2.45, 2.75) is 46.6 Å². The van der Waals surface area contributed by atoms with E-state index in [1.54, 1.807) is 6.08 Å². The summed E-state index contributed by atoms with van der Waals surface area (Å²) in [5.41, 5.74) is 6.10. The molecule has 30 heavy (non-hydrogen) atoms. The summed E-state index contributed by atoms with van der Waals surface area (Å²) in [6.45, 7) is 11.7. The van der Waals surface area contributed by atoms with Gasteiger partial charge >= 0.3 is 0 Å². The molecule has 2 aromatic rings. The molecule has 0 atom stereocenters. The zero-order valence-corrected chi connectivity index (χ0v) is 18.4. The fourth-order valence-corrected chi connectivity index (χ4v) is 4.04. The largest absolute Gasteiger partial charge is 0.362 e. The van der Waals surface area contributed by atoms with Crippen LogP contribution in [-0.4, -0.2) is 18.0 Å². The normalized spacial score (nSPS) is 15.1. The lowest BCUT2D eigenvalue weighted by Gasteiger charge is -2.43. The topological polar surface area (TPSA) is 56.1 Å². The van der Waals surface area contributed by atoms with Gasteiger partial charge in [0.15, 0.2) is 0 Å². The number of rotatable bonds is 5. The van der Waals surface area contributed by atoms with Crippen LogP contribution in [0.25, 0.3) is 11.6 Å². The van der Waals surface area contributed by atoms with Gasteiger partial charge in [-0.2, -0.15) is 5.26 Å². The first-order valence-corrected chi connectivity index (χ1v) is 10.4. The van der Waals surface area contributed by atoms with Crippen LogP contribution in [0.4, 0.5) is 11.4 Å². The SMILES string of the molecule is CCCN1c2ccc(/C=C(\C#N)C(=O)Nc3ccccc3C)cc2C(C)=CC1(C)C. The Morgan fingerprint density at radius 1 is 1.20 bits per heavy atom. The van der Waals surface area contributed by atoms with Gasteiger partial charge in [0.2, 0.25) is 0 Å². The molecular weight excluding hydrogens is 370 g/mol. The highest BCUT2D eigenvalue weighted by atomic mass is 16.1. The zero-order valence-electron chi connectivity index (χ0n) is 18.4. The molecule has 4 nitrogen and oxygen atoms in total. The van der Waals surface area contributed by atoms with Crippen LogP contribution in [0.3, 0.4) is 0 Å². The van der Waals surface area contributed by atoms with Crippen molar-refractivity contribution in [2.75, 3.05) is 16.8 Å². The Kier molecular flexibility index (Phi) is 6.12. The van der Waals surface area contributed by atoms with Crippen molar-refractivity contribution >= 4 is 28.9 Å². The molecule has 0 unspecified atom stereocenters. The Hall–Kier alpha value is -3.32. The number of nitrogens with zero attached hydrogens (tertiary/aromatic N) is 2. The number of carbonyl (C=O) groups is 1. The number of anilines is 2. The Balaban J connectivity index is 1.94. The number of aryl methyl sites for hydroxylation is 1. The molecule has 0 aliphatic carbocycles. The fraction of sp³-hybridized carbons (Fsp3) is 0.308. The highest BCUT2D eigenvalue weighted by Gasteiger charge is 2.30. The van der Waals surface area contributed by atoms with E-state index >= 15 is 0 Å². The molecule has 3 rings (SSSR count). The molecule has 1 amide bonds. The van der Waals surface area contributed by atoms with Gasteiger partial charge in [-0.15, -0.1) is 0 Å². The van der Waals surface area contributed by atoms with Crippen molar-refractivity contribution in [3.63, 3.8) is 0 Å². The summed E-state index contributed by atoms with van der Waals surface area (Å²) in [7, 11) is 0. The second-order valence-corrected chi connectivity index (χ2v) is 8.35. The number of nitrogens with one attached hydrogen (secondary N) is 1. The summed E-state index contributed by atoms with van der Waals surface area (Å²) in [4.78, 5) is 15.1. The maximum atomic E-state index is 12.7. The quantitative estimate of drug-likeness (QED) is 0.499. The van der Waals surface area contributed by atoms with Crippen molar-refractivity contribution in [2.24, 2.45) is 0 Å². The number of amides is 1. The number of allylic oxidation sites excluding steroid dienone is 1. The molecule has 1 N–H and O–H groups in total. The summed E-state index contributed by atoms with van der Waals surface area (Å²) in [6, 6.07) is 15.7. The molecule has 0 aromatic heterocycles. The minimum absolute atomic E-state index is 0.0459. The standard InChI is InChI=1S/C26H29N3O/c1-6-13-29-24-12-11-20(15-22(24)19(3)16-26(29,4)5)14-21(17-27)25(30)28-23-10-8-7-9-18(23)2/h7-12,14-16H,6,13H2,1-5H3,(H,28,30)/b21-14+. The molecule has 0 saturated heterocycles. The third-order valence-corrected chi connectivity index (χ3v) is 5.52. The van der Waals surface area contributed by atoms with Crippen molar-refractivity contribution in [1.29, 1.82) is 5.26 Å². The van der Waals surface area contributed by atoms with Gasteiger partial charge in [-0.05, 0) is 75.1 Å². The Bertz CT molecular complexity index is 1070. The van der Waals surface area contributed by atoms with Crippen LogP contribution >= 0.6 is 0 Å². The Morgan fingerprint density at radius 2 is 1.93 bits per heavy atom. The third kappa shape index (κ3) is 4.31. The number of hydrogen-bond acceptors (Lipinski definition) is 3. The minimum atomic E-state index is -0.398. The smallest absolute Gasteiger partial charge is 0.266 e. The molecular formula is C26H29N3O. The first-order valence-electron chi connectivity index (χ1n) is 10.4. The molecule has 4 heteroatoms. The summed E-state index contributed by atoms with van der Waals surface area (Å²) >= 11 is 0. The van der Waals surface area contributed by atoms with Crippen molar-refractivity contribution in [3.8, 4) is 6.07 Å². The second-order valence-electron chi connectivity index (χ2n) is 8.35. The van der Waals surface area contributed by atoms with Gasteiger partial charge in [-0.3, -0.25) is 4.79 Å². The summed E-state index contributed by atoms with van der Waals surface area (Å²) in [6.07, 6.45) is 5.01. The number of benzene rings is 2. The van der Waals surface area contributed by atoms with Gasteiger partial charge in [0.05, 0.1) is 5.54 Å². The van der Waals surface area contributed by atoms with E-state index in [0.29, 0.717) is 5.69 Å². The lowest BCUT2D eigenvalue weighted by molar-refractivity contribution is -0.112. The molecule has 2 aromatic carbocycles. The maximum Gasteiger partial charge on any atom is 0.266 e. The molecule has 0 fully saturated rings.